The largest absolute Gasteiger partial charge is 0.404 e. The van der Waals surface area contributed by atoms with E-state index in [2.05, 4.69) is 25.8 Å². The van der Waals surface area contributed by atoms with Crippen LogP contribution >= 0.6 is 11.6 Å². The minimum Gasteiger partial charge on any atom is -0.404 e. The number of benzene rings is 1. The van der Waals surface area contributed by atoms with E-state index in [9.17, 15) is 4.79 Å². The first kappa shape index (κ1) is 12.8. The van der Waals surface area contributed by atoms with Crippen molar-refractivity contribution in [2.75, 3.05) is 0 Å². The number of rotatable bonds is 1. The molecule has 0 saturated heterocycles. The Morgan fingerprint density at radius 3 is 2.72 bits per heavy atom. The van der Waals surface area contributed by atoms with Crippen LogP contribution in [0.15, 0.2) is 33.5 Å². The maximum absolute atomic E-state index is 11.8. The van der Waals surface area contributed by atoms with Crippen LogP contribution in [-0.2, 0) is 0 Å². The molecule has 4 heteroatoms. The molecule has 0 unspecified atom stereocenters. The zero-order valence-electron chi connectivity index (χ0n) is 10.5. The first-order valence-electron chi connectivity index (χ1n) is 5.65. The summed E-state index contributed by atoms with van der Waals surface area (Å²) in [7, 11) is 0. The van der Waals surface area contributed by atoms with Crippen LogP contribution in [0.2, 0.25) is 5.02 Å². The van der Waals surface area contributed by atoms with Gasteiger partial charge in [-0.3, -0.25) is 0 Å². The Bertz CT molecular complexity index is 666. The van der Waals surface area contributed by atoms with Crippen LogP contribution in [0.3, 0.4) is 0 Å². The highest BCUT2D eigenvalue weighted by atomic mass is 35.5. The first-order chi connectivity index (χ1) is 8.35. The Hall–Kier alpha value is -1.61. The minimum absolute atomic E-state index is 0.00913. The van der Waals surface area contributed by atoms with Crippen molar-refractivity contribution in [3.8, 4) is 0 Å². The van der Waals surface area contributed by atoms with Gasteiger partial charge in [-0.2, -0.15) is 0 Å². The molecule has 18 heavy (non-hydrogen) atoms. The normalized spacial score (nSPS) is 12.4. The Kier molecular flexibility index (Phi) is 3.26. The molecule has 0 saturated carbocycles. The van der Waals surface area contributed by atoms with Crippen molar-refractivity contribution in [3.05, 3.63) is 45.6 Å². The van der Waals surface area contributed by atoms with Crippen LogP contribution in [0, 0.1) is 5.41 Å². The fraction of sp³-hybridized carbons (Fsp3) is 0.286. The van der Waals surface area contributed by atoms with E-state index in [0.717, 1.165) is 0 Å². The van der Waals surface area contributed by atoms with Gasteiger partial charge < -0.3 is 4.42 Å². The lowest BCUT2D eigenvalue weighted by Gasteiger charge is -2.10. The quantitative estimate of drug-likeness (QED) is 0.784. The van der Waals surface area contributed by atoms with Crippen LogP contribution in [-0.4, -0.2) is 4.98 Å². The summed E-state index contributed by atoms with van der Waals surface area (Å²) >= 11 is 5.83. The van der Waals surface area contributed by atoms with Gasteiger partial charge in [-0.1, -0.05) is 38.4 Å². The van der Waals surface area contributed by atoms with Crippen LogP contribution < -0.4 is 5.63 Å². The SMILES string of the molecule is CC(C)(C)/C=C\c1nc2ccc(Cl)cc2c(=O)o1. The number of fused-ring (bicyclic) bond motifs is 1. The van der Waals surface area contributed by atoms with Crippen molar-refractivity contribution < 1.29 is 4.42 Å². The van der Waals surface area contributed by atoms with E-state index >= 15 is 0 Å². The monoisotopic (exact) mass is 263 g/mol. The lowest BCUT2D eigenvalue weighted by molar-refractivity contribution is 0.487. The van der Waals surface area contributed by atoms with E-state index in [-0.39, 0.29) is 5.41 Å². The van der Waals surface area contributed by atoms with Crippen molar-refractivity contribution in [3.63, 3.8) is 0 Å². The lowest BCUT2D eigenvalue weighted by Crippen LogP contribution is -2.04. The fourth-order valence-electron chi connectivity index (χ4n) is 1.45. The van der Waals surface area contributed by atoms with Gasteiger partial charge >= 0.3 is 5.63 Å². The predicted molar refractivity (Wildman–Crippen MR) is 73.8 cm³/mol. The number of aromatic nitrogens is 1. The van der Waals surface area contributed by atoms with E-state index in [1.807, 2.05) is 6.08 Å². The molecule has 0 radical (unpaired) electrons. The van der Waals surface area contributed by atoms with Crippen LogP contribution in [0.5, 0.6) is 0 Å². The smallest absolute Gasteiger partial charge is 0.347 e. The summed E-state index contributed by atoms with van der Waals surface area (Å²) in [4.78, 5) is 16.0. The highest BCUT2D eigenvalue weighted by Crippen LogP contribution is 2.18. The Morgan fingerprint density at radius 1 is 1.33 bits per heavy atom. The van der Waals surface area contributed by atoms with Crippen LogP contribution in [0.25, 0.3) is 17.0 Å². The molecule has 94 valence electrons. The molecule has 2 rings (SSSR count). The summed E-state index contributed by atoms with van der Waals surface area (Å²) in [5, 5.41) is 0.894. The summed E-state index contributed by atoms with van der Waals surface area (Å²) < 4.78 is 5.13. The molecule has 0 aliphatic carbocycles. The maximum Gasteiger partial charge on any atom is 0.347 e. The number of nitrogens with zero attached hydrogens (tertiary/aromatic N) is 1. The molecule has 0 N–H and O–H groups in total. The van der Waals surface area contributed by atoms with Gasteiger partial charge in [0.25, 0.3) is 0 Å². The molecular formula is C14H14ClNO2. The van der Waals surface area contributed by atoms with E-state index in [1.165, 1.54) is 0 Å². The second kappa shape index (κ2) is 4.58. The highest BCUT2D eigenvalue weighted by Gasteiger charge is 2.07. The number of hydrogen-bond donors (Lipinski definition) is 0. The third-order valence-corrected chi connectivity index (χ3v) is 2.57. The number of hydrogen-bond acceptors (Lipinski definition) is 3. The summed E-state index contributed by atoms with van der Waals surface area (Å²) in [6.07, 6.45) is 3.66. The van der Waals surface area contributed by atoms with Gasteiger partial charge in [-0.15, -0.1) is 0 Å². The van der Waals surface area contributed by atoms with Crippen molar-refractivity contribution in [1.82, 2.24) is 4.98 Å². The van der Waals surface area contributed by atoms with Crippen LogP contribution in [0.1, 0.15) is 26.7 Å². The van der Waals surface area contributed by atoms with Crippen molar-refractivity contribution in [1.29, 1.82) is 0 Å². The first-order valence-corrected chi connectivity index (χ1v) is 6.03. The van der Waals surface area contributed by atoms with Crippen molar-refractivity contribution in [2.24, 2.45) is 5.41 Å². The summed E-state index contributed by atoms with van der Waals surface area (Å²) in [5.74, 6) is 0.310. The third kappa shape index (κ3) is 2.99. The van der Waals surface area contributed by atoms with Crippen molar-refractivity contribution in [2.45, 2.75) is 20.8 Å². The van der Waals surface area contributed by atoms with Crippen molar-refractivity contribution >= 4 is 28.6 Å². The average Bonchev–Trinajstić information content (AvgIpc) is 2.26. The summed E-state index contributed by atoms with van der Waals surface area (Å²) in [5.41, 5.74) is 0.176. The topological polar surface area (TPSA) is 43.1 Å². The molecule has 0 aliphatic rings. The molecule has 0 aliphatic heterocycles. The molecule has 1 aromatic carbocycles. The fourth-order valence-corrected chi connectivity index (χ4v) is 1.63. The summed E-state index contributed by atoms with van der Waals surface area (Å²) in [6, 6.07) is 4.98. The zero-order valence-corrected chi connectivity index (χ0v) is 11.3. The molecule has 0 atom stereocenters. The van der Waals surface area contributed by atoms with Gasteiger partial charge in [0.2, 0.25) is 5.89 Å². The number of allylic oxidation sites excluding steroid dienone is 1. The minimum atomic E-state index is -0.420. The molecule has 0 bridgehead atoms. The Labute approximate surface area is 110 Å². The molecule has 0 spiro atoms. The van der Waals surface area contributed by atoms with E-state index in [0.29, 0.717) is 21.8 Å². The Morgan fingerprint density at radius 2 is 2.06 bits per heavy atom. The zero-order chi connectivity index (χ0) is 13.3. The third-order valence-electron chi connectivity index (χ3n) is 2.33. The van der Waals surface area contributed by atoms with Gasteiger partial charge in [-0.25, -0.2) is 9.78 Å². The summed E-state index contributed by atoms with van der Waals surface area (Å²) in [6.45, 7) is 6.17. The lowest BCUT2D eigenvalue weighted by atomic mass is 9.96. The number of halogens is 1. The second-order valence-electron chi connectivity index (χ2n) is 5.20. The standard InChI is InChI=1S/C14H14ClNO2/c1-14(2,3)7-6-12-16-11-5-4-9(15)8-10(11)13(17)18-12/h4-8H,1-3H3/b7-6-. The van der Waals surface area contributed by atoms with E-state index < -0.39 is 5.63 Å². The van der Waals surface area contributed by atoms with Gasteiger partial charge in [0, 0.05) is 5.02 Å². The maximum atomic E-state index is 11.8. The average molecular weight is 264 g/mol. The molecule has 0 fully saturated rings. The molecule has 0 amide bonds. The Balaban J connectivity index is 2.54. The van der Waals surface area contributed by atoms with Gasteiger partial charge in [0.05, 0.1) is 10.9 Å². The van der Waals surface area contributed by atoms with Crippen LogP contribution in [0.4, 0.5) is 0 Å². The molecule has 1 heterocycles. The van der Waals surface area contributed by atoms with E-state index in [4.69, 9.17) is 16.0 Å². The van der Waals surface area contributed by atoms with Gasteiger partial charge in [0.15, 0.2) is 0 Å². The predicted octanol–water partition coefficient (Wildman–Crippen LogP) is 3.90. The highest BCUT2D eigenvalue weighted by molar-refractivity contribution is 6.31. The molecule has 1 aromatic heterocycles. The van der Waals surface area contributed by atoms with Gasteiger partial charge in [0.1, 0.15) is 0 Å². The second-order valence-corrected chi connectivity index (χ2v) is 5.64. The van der Waals surface area contributed by atoms with Gasteiger partial charge in [-0.05, 0) is 29.7 Å². The van der Waals surface area contributed by atoms with E-state index in [1.54, 1.807) is 24.3 Å². The molecule has 3 nitrogen and oxygen atoms in total. The molecule has 2 aromatic rings. The molecular weight excluding hydrogens is 250 g/mol.